The topological polar surface area (TPSA) is 35.9 Å². The Hall–Kier alpha value is -3.86. The predicted octanol–water partition coefficient (Wildman–Crippen LogP) is 6.62. The lowest BCUT2D eigenvalue weighted by atomic mass is 9.88. The molecule has 39 heavy (non-hydrogen) atoms. The van der Waals surface area contributed by atoms with Gasteiger partial charge in [-0.25, -0.2) is 0 Å². The zero-order valence-corrected chi connectivity index (χ0v) is 22.7. The first kappa shape index (κ1) is 26.7. The number of hydrogen-bond acceptors (Lipinski definition) is 4. The van der Waals surface area contributed by atoms with Crippen molar-refractivity contribution in [2.45, 2.75) is 19.4 Å². The molecule has 200 valence electrons. The predicted molar refractivity (Wildman–Crippen MR) is 162 cm³/mol. The van der Waals surface area contributed by atoms with Crippen molar-refractivity contribution in [3.63, 3.8) is 0 Å². The second-order valence-electron chi connectivity index (χ2n) is 10.1. The summed E-state index contributed by atoms with van der Waals surface area (Å²) >= 11 is 0. The largest absolute Gasteiger partial charge is 0.491 e. The van der Waals surface area contributed by atoms with E-state index in [2.05, 4.69) is 120 Å². The minimum atomic E-state index is -0.530. The molecule has 0 aliphatic carbocycles. The Morgan fingerprint density at radius 1 is 0.692 bits per heavy atom. The molecular formula is C35H38N2O2. The zero-order chi connectivity index (χ0) is 26.9. The standard InChI is InChI=1S/C35H38N2O2/c1-2-34(28-12-6-3-7-13-28)35(29-14-8-4-9-15-29)30-18-20-33(21-19-30)39-27-32(38)26-36-22-24-37(25-23-36)31-16-10-5-11-17-31/h3-21,32,38H,2,22-27H2,1H3/b35-34-. The lowest BCUT2D eigenvalue weighted by molar-refractivity contribution is 0.0663. The molecule has 0 radical (unpaired) electrons. The Labute approximate surface area is 232 Å². The SMILES string of the molecule is CC/C(=C(\c1ccccc1)c1ccc(OCC(O)CN2CCN(c3ccccc3)CC2)cc1)c1ccccc1. The van der Waals surface area contributed by atoms with Crippen molar-refractivity contribution in [2.24, 2.45) is 0 Å². The van der Waals surface area contributed by atoms with E-state index in [0.29, 0.717) is 6.54 Å². The van der Waals surface area contributed by atoms with Crippen LogP contribution in [0.4, 0.5) is 5.69 Å². The van der Waals surface area contributed by atoms with Crippen LogP contribution in [0.3, 0.4) is 0 Å². The molecule has 0 saturated carbocycles. The number of hydrogen-bond donors (Lipinski definition) is 1. The first-order chi connectivity index (χ1) is 19.2. The molecule has 1 aliphatic heterocycles. The summed E-state index contributed by atoms with van der Waals surface area (Å²) in [4.78, 5) is 4.73. The second-order valence-corrected chi connectivity index (χ2v) is 10.1. The Balaban J connectivity index is 1.21. The number of allylic oxidation sites excluding steroid dienone is 1. The summed E-state index contributed by atoms with van der Waals surface area (Å²) in [6.45, 7) is 6.94. The van der Waals surface area contributed by atoms with Gasteiger partial charge in [0.05, 0.1) is 0 Å². The number of benzene rings is 4. The van der Waals surface area contributed by atoms with Gasteiger partial charge in [0.2, 0.25) is 0 Å². The molecule has 0 aromatic heterocycles. The summed E-state index contributed by atoms with van der Waals surface area (Å²) in [5.74, 6) is 0.775. The van der Waals surface area contributed by atoms with Gasteiger partial charge in [0.15, 0.2) is 0 Å². The first-order valence-electron chi connectivity index (χ1n) is 14.0. The summed E-state index contributed by atoms with van der Waals surface area (Å²) < 4.78 is 6.01. The highest BCUT2D eigenvalue weighted by Gasteiger charge is 2.20. The van der Waals surface area contributed by atoms with Crippen LogP contribution in [-0.2, 0) is 0 Å². The normalized spacial score (nSPS) is 15.5. The van der Waals surface area contributed by atoms with Gasteiger partial charge < -0.3 is 14.7 Å². The van der Waals surface area contributed by atoms with E-state index in [0.717, 1.165) is 43.9 Å². The minimum Gasteiger partial charge on any atom is -0.491 e. The molecule has 1 heterocycles. The molecule has 0 amide bonds. The highest BCUT2D eigenvalue weighted by molar-refractivity contribution is 5.98. The van der Waals surface area contributed by atoms with Gasteiger partial charge in [-0.15, -0.1) is 0 Å². The summed E-state index contributed by atoms with van der Waals surface area (Å²) in [6, 6.07) is 40.0. The molecule has 0 bridgehead atoms. The Bertz CT molecular complexity index is 1310. The molecule has 1 atom stereocenters. The summed E-state index contributed by atoms with van der Waals surface area (Å²) in [6.07, 6.45) is 0.399. The van der Waals surface area contributed by atoms with Gasteiger partial charge >= 0.3 is 0 Å². The fourth-order valence-electron chi connectivity index (χ4n) is 5.37. The van der Waals surface area contributed by atoms with Gasteiger partial charge in [0.25, 0.3) is 0 Å². The van der Waals surface area contributed by atoms with E-state index in [-0.39, 0.29) is 6.61 Å². The van der Waals surface area contributed by atoms with E-state index < -0.39 is 6.10 Å². The number of rotatable bonds is 10. The van der Waals surface area contributed by atoms with Crippen LogP contribution in [0.25, 0.3) is 11.1 Å². The first-order valence-corrected chi connectivity index (χ1v) is 14.0. The Kier molecular flexibility index (Phi) is 9.10. The average Bonchev–Trinajstić information content (AvgIpc) is 3.01. The van der Waals surface area contributed by atoms with Crippen LogP contribution in [0, 0.1) is 0 Å². The second kappa shape index (κ2) is 13.3. The number of para-hydroxylation sites is 1. The number of ether oxygens (including phenoxy) is 1. The van der Waals surface area contributed by atoms with Gasteiger partial charge in [0.1, 0.15) is 18.5 Å². The lowest BCUT2D eigenvalue weighted by Gasteiger charge is -2.36. The molecule has 5 rings (SSSR count). The van der Waals surface area contributed by atoms with Crippen LogP contribution in [0.2, 0.25) is 0 Å². The van der Waals surface area contributed by atoms with Crippen LogP contribution in [0.15, 0.2) is 115 Å². The van der Waals surface area contributed by atoms with Crippen molar-refractivity contribution < 1.29 is 9.84 Å². The lowest BCUT2D eigenvalue weighted by Crippen LogP contribution is -2.49. The molecule has 1 unspecified atom stereocenters. The molecule has 0 spiro atoms. The Morgan fingerprint density at radius 3 is 1.82 bits per heavy atom. The van der Waals surface area contributed by atoms with Crippen molar-refractivity contribution in [1.82, 2.24) is 4.90 Å². The third kappa shape index (κ3) is 6.97. The summed E-state index contributed by atoms with van der Waals surface area (Å²) in [7, 11) is 0. The summed E-state index contributed by atoms with van der Waals surface area (Å²) in [5, 5.41) is 10.7. The number of β-amino-alcohol motifs (C(OH)–C–C–N with tert-alkyl or cyclic N) is 1. The molecular weight excluding hydrogens is 480 g/mol. The van der Waals surface area contributed by atoms with Crippen molar-refractivity contribution in [3.8, 4) is 5.75 Å². The number of piperazine rings is 1. The van der Waals surface area contributed by atoms with Crippen LogP contribution < -0.4 is 9.64 Å². The van der Waals surface area contributed by atoms with Crippen molar-refractivity contribution in [3.05, 3.63) is 132 Å². The maximum absolute atomic E-state index is 10.7. The van der Waals surface area contributed by atoms with Crippen molar-refractivity contribution in [1.29, 1.82) is 0 Å². The number of nitrogens with zero attached hydrogens (tertiary/aromatic N) is 2. The average molecular weight is 519 g/mol. The molecule has 1 aliphatic rings. The monoisotopic (exact) mass is 518 g/mol. The summed E-state index contributed by atoms with van der Waals surface area (Å²) in [5.41, 5.74) is 7.43. The van der Waals surface area contributed by atoms with Crippen molar-refractivity contribution >= 4 is 16.8 Å². The minimum absolute atomic E-state index is 0.282. The van der Waals surface area contributed by atoms with E-state index in [4.69, 9.17) is 4.74 Å². The number of aliphatic hydroxyl groups excluding tert-OH is 1. The van der Waals surface area contributed by atoms with Crippen LogP contribution in [-0.4, -0.2) is 55.4 Å². The maximum Gasteiger partial charge on any atom is 0.119 e. The third-order valence-corrected chi connectivity index (χ3v) is 7.39. The van der Waals surface area contributed by atoms with Gasteiger partial charge in [-0.1, -0.05) is 97.9 Å². The van der Waals surface area contributed by atoms with Gasteiger partial charge in [-0.3, -0.25) is 4.90 Å². The van der Waals surface area contributed by atoms with E-state index in [1.54, 1.807) is 0 Å². The van der Waals surface area contributed by atoms with Gasteiger partial charge in [0, 0.05) is 38.4 Å². The van der Waals surface area contributed by atoms with Crippen LogP contribution in [0.5, 0.6) is 5.75 Å². The zero-order valence-electron chi connectivity index (χ0n) is 22.7. The highest BCUT2D eigenvalue weighted by atomic mass is 16.5. The van der Waals surface area contributed by atoms with Crippen LogP contribution >= 0.6 is 0 Å². The molecule has 4 aromatic carbocycles. The molecule has 1 saturated heterocycles. The molecule has 1 fully saturated rings. The fraction of sp³-hybridized carbons (Fsp3) is 0.257. The number of anilines is 1. The smallest absolute Gasteiger partial charge is 0.119 e. The van der Waals surface area contributed by atoms with Crippen LogP contribution in [0.1, 0.15) is 30.0 Å². The highest BCUT2D eigenvalue weighted by Crippen LogP contribution is 2.35. The third-order valence-electron chi connectivity index (χ3n) is 7.39. The molecule has 1 N–H and O–H groups in total. The van der Waals surface area contributed by atoms with E-state index in [1.165, 1.54) is 28.0 Å². The molecule has 4 aromatic rings. The van der Waals surface area contributed by atoms with Gasteiger partial charge in [-0.05, 0) is 58.5 Å². The van der Waals surface area contributed by atoms with E-state index >= 15 is 0 Å². The van der Waals surface area contributed by atoms with E-state index in [1.807, 2.05) is 12.1 Å². The quantitative estimate of drug-likeness (QED) is 0.240. The number of aliphatic hydroxyl groups is 1. The maximum atomic E-state index is 10.7. The van der Waals surface area contributed by atoms with Gasteiger partial charge in [-0.2, -0.15) is 0 Å². The molecule has 4 heteroatoms. The molecule has 4 nitrogen and oxygen atoms in total. The fourth-order valence-corrected chi connectivity index (χ4v) is 5.37. The van der Waals surface area contributed by atoms with E-state index in [9.17, 15) is 5.11 Å². The Morgan fingerprint density at radius 2 is 1.23 bits per heavy atom. The van der Waals surface area contributed by atoms with Crippen molar-refractivity contribution in [2.75, 3.05) is 44.2 Å².